The van der Waals surface area contributed by atoms with E-state index in [0.717, 1.165) is 52.1 Å². The number of aliphatic hydroxyl groups excluding tert-OH is 1. The van der Waals surface area contributed by atoms with Crippen molar-refractivity contribution in [2.24, 2.45) is 11.8 Å². The van der Waals surface area contributed by atoms with Crippen molar-refractivity contribution >= 4 is 5.91 Å². The summed E-state index contributed by atoms with van der Waals surface area (Å²) in [5.74, 6) is 0.884. The molecule has 1 aromatic rings. The van der Waals surface area contributed by atoms with Crippen LogP contribution in [0.15, 0.2) is 24.3 Å². The Hall–Kier alpha value is -1.43. The normalized spacial score (nSPS) is 23.5. The van der Waals surface area contributed by atoms with Crippen LogP contribution in [0.1, 0.15) is 42.1 Å². The minimum atomic E-state index is -0.00490. The summed E-state index contributed by atoms with van der Waals surface area (Å²) in [4.78, 5) is 14.8. The second kappa shape index (κ2) is 8.79. The van der Waals surface area contributed by atoms with Gasteiger partial charge in [-0.1, -0.05) is 12.1 Å². The van der Waals surface area contributed by atoms with Gasteiger partial charge in [-0.2, -0.15) is 0 Å². The van der Waals surface area contributed by atoms with Crippen LogP contribution in [0, 0.1) is 11.8 Å². The number of amides is 1. The molecule has 2 fully saturated rings. The maximum absolute atomic E-state index is 12.4. The minimum absolute atomic E-state index is 0.00490. The van der Waals surface area contributed by atoms with E-state index in [0.29, 0.717) is 24.0 Å². The predicted molar refractivity (Wildman–Crippen MR) is 97.4 cm³/mol. The fraction of sp³-hybridized carbons (Fsp3) is 0.650. The van der Waals surface area contributed by atoms with Crippen LogP contribution < -0.4 is 5.32 Å². The first-order valence-electron chi connectivity index (χ1n) is 9.46. The Morgan fingerprint density at radius 1 is 1.28 bits per heavy atom. The minimum Gasteiger partial charge on any atom is -0.396 e. The molecule has 2 heterocycles. The molecule has 138 valence electrons. The van der Waals surface area contributed by atoms with Crippen molar-refractivity contribution in [3.05, 3.63) is 35.4 Å². The van der Waals surface area contributed by atoms with Crippen molar-refractivity contribution in [3.63, 3.8) is 0 Å². The van der Waals surface area contributed by atoms with Crippen LogP contribution in [0.25, 0.3) is 0 Å². The zero-order valence-electron chi connectivity index (χ0n) is 15.1. The van der Waals surface area contributed by atoms with E-state index in [1.807, 2.05) is 12.1 Å². The SMILES string of the molecule is CC(NC(=O)c1ccc(CN2CCC(CO)CC2)cc1)C1CCOC1. The summed E-state index contributed by atoms with van der Waals surface area (Å²) in [6.45, 7) is 6.89. The summed E-state index contributed by atoms with van der Waals surface area (Å²) in [7, 11) is 0. The third-order valence-corrected chi connectivity index (χ3v) is 5.62. The first-order valence-corrected chi connectivity index (χ1v) is 9.46. The number of likely N-dealkylation sites (tertiary alicyclic amines) is 1. The zero-order valence-corrected chi connectivity index (χ0v) is 15.1. The summed E-state index contributed by atoms with van der Waals surface area (Å²) in [6, 6.07) is 8.08. The van der Waals surface area contributed by atoms with E-state index in [-0.39, 0.29) is 11.9 Å². The van der Waals surface area contributed by atoms with E-state index in [1.54, 1.807) is 0 Å². The van der Waals surface area contributed by atoms with Crippen molar-refractivity contribution in [1.82, 2.24) is 10.2 Å². The molecular weight excluding hydrogens is 316 g/mol. The molecular formula is C20H30N2O3. The molecule has 2 unspecified atom stereocenters. The topological polar surface area (TPSA) is 61.8 Å². The maximum Gasteiger partial charge on any atom is 0.251 e. The Labute approximate surface area is 150 Å². The molecule has 5 nitrogen and oxygen atoms in total. The predicted octanol–water partition coefficient (Wildman–Crippen LogP) is 2.05. The summed E-state index contributed by atoms with van der Waals surface area (Å²) in [5.41, 5.74) is 1.95. The molecule has 0 spiro atoms. The smallest absolute Gasteiger partial charge is 0.251 e. The number of piperidine rings is 1. The van der Waals surface area contributed by atoms with E-state index < -0.39 is 0 Å². The Morgan fingerprint density at radius 3 is 2.60 bits per heavy atom. The lowest BCUT2D eigenvalue weighted by Gasteiger charge is -2.31. The third kappa shape index (κ3) is 5.03. The Balaban J connectivity index is 1.48. The maximum atomic E-state index is 12.4. The van der Waals surface area contributed by atoms with Crippen molar-refractivity contribution in [1.29, 1.82) is 0 Å². The monoisotopic (exact) mass is 346 g/mol. The molecule has 0 radical (unpaired) electrons. The van der Waals surface area contributed by atoms with Crippen LogP contribution in [0.5, 0.6) is 0 Å². The average molecular weight is 346 g/mol. The van der Waals surface area contributed by atoms with Gasteiger partial charge in [-0.15, -0.1) is 0 Å². The lowest BCUT2D eigenvalue weighted by atomic mass is 9.97. The average Bonchev–Trinajstić information content (AvgIpc) is 3.18. The molecule has 2 aliphatic heterocycles. The van der Waals surface area contributed by atoms with Crippen LogP contribution in [0.3, 0.4) is 0 Å². The molecule has 1 aromatic carbocycles. The molecule has 0 saturated carbocycles. The van der Waals surface area contributed by atoms with Gasteiger partial charge in [0, 0.05) is 37.3 Å². The summed E-state index contributed by atoms with van der Waals surface area (Å²) in [6.07, 6.45) is 3.16. The van der Waals surface area contributed by atoms with Crippen LogP contribution in [0.4, 0.5) is 0 Å². The third-order valence-electron chi connectivity index (χ3n) is 5.62. The number of rotatable bonds is 6. The lowest BCUT2D eigenvalue weighted by Crippen LogP contribution is -2.38. The number of nitrogens with zero attached hydrogens (tertiary/aromatic N) is 1. The number of aliphatic hydroxyl groups is 1. The number of carbonyl (C=O) groups is 1. The van der Waals surface area contributed by atoms with Crippen molar-refractivity contribution in [2.45, 2.75) is 38.8 Å². The van der Waals surface area contributed by atoms with Crippen LogP contribution in [-0.4, -0.2) is 54.9 Å². The molecule has 5 heteroatoms. The highest BCUT2D eigenvalue weighted by molar-refractivity contribution is 5.94. The van der Waals surface area contributed by atoms with Crippen LogP contribution in [0.2, 0.25) is 0 Å². The first-order chi connectivity index (χ1) is 12.2. The standard InChI is InChI=1S/C20H30N2O3/c1-15(19-8-11-25-14-19)21-20(24)18-4-2-16(3-5-18)12-22-9-6-17(13-23)7-10-22/h2-5,15,17,19,23H,6-14H2,1H3,(H,21,24). The zero-order chi connectivity index (χ0) is 17.6. The fourth-order valence-corrected chi connectivity index (χ4v) is 3.70. The summed E-state index contributed by atoms with van der Waals surface area (Å²) in [5, 5.41) is 12.3. The molecule has 0 aromatic heterocycles. The van der Waals surface area contributed by atoms with E-state index in [2.05, 4.69) is 29.3 Å². The Morgan fingerprint density at radius 2 is 2.00 bits per heavy atom. The molecule has 1 amide bonds. The van der Waals surface area contributed by atoms with Gasteiger partial charge in [0.05, 0.1) is 6.61 Å². The van der Waals surface area contributed by atoms with Gasteiger partial charge in [-0.25, -0.2) is 0 Å². The molecule has 2 aliphatic rings. The number of hydrogen-bond donors (Lipinski definition) is 2. The highest BCUT2D eigenvalue weighted by Crippen LogP contribution is 2.19. The molecule has 0 bridgehead atoms. The number of carbonyl (C=O) groups excluding carboxylic acids is 1. The van der Waals surface area contributed by atoms with Gasteiger partial charge >= 0.3 is 0 Å². The first kappa shape index (κ1) is 18.4. The van der Waals surface area contributed by atoms with Crippen molar-refractivity contribution in [3.8, 4) is 0 Å². The largest absolute Gasteiger partial charge is 0.396 e. The summed E-state index contributed by atoms with van der Waals surface area (Å²) < 4.78 is 5.40. The van der Waals surface area contributed by atoms with Gasteiger partial charge in [-0.05, 0) is 62.9 Å². The fourth-order valence-electron chi connectivity index (χ4n) is 3.70. The van der Waals surface area contributed by atoms with Gasteiger partial charge in [-0.3, -0.25) is 9.69 Å². The number of benzene rings is 1. The van der Waals surface area contributed by atoms with E-state index >= 15 is 0 Å². The quantitative estimate of drug-likeness (QED) is 0.828. The van der Waals surface area contributed by atoms with Crippen molar-refractivity contribution in [2.75, 3.05) is 32.9 Å². The van der Waals surface area contributed by atoms with Gasteiger partial charge < -0.3 is 15.2 Å². The highest BCUT2D eigenvalue weighted by Gasteiger charge is 2.24. The van der Waals surface area contributed by atoms with Crippen molar-refractivity contribution < 1.29 is 14.6 Å². The second-order valence-corrected chi connectivity index (χ2v) is 7.48. The molecule has 2 saturated heterocycles. The van der Waals surface area contributed by atoms with E-state index in [4.69, 9.17) is 4.74 Å². The Kier molecular flexibility index (Phi) is 6.45. The highest BCUT2D eigenvalue weighted by atomic mass is 16.5. The van der Waals surface area contributed by atoms with Gasteiger partial charge in [0.25, 0.3) is 5.91 Å². The molecule has 3 rings (SSSR count). The van der Waals surface area contributed by atoms with E-state index in [9.17, 15) is 9.90 Å². The molecule has 2 atom stereocenters. The van der Waals surface area contributed by atoms with Gasteiger partial charge in [0.15, 0.2) is 0 Å². The Bertz CT molecular complexity index is 547. The molecule has 25 heavy (non-hydrogen) atoms. The second-order valence-electron chi connectivity index (χ2n) is 7.48. The number of hydrogen-bond acceptors (Lipinski definition) is 4. The number of nitrogens with one attached hydrogen (secondary N) is 1. The van der Waals surface area contributed by atoms with Gasteiger partial charge in [0.2, 0.25) is 0 Å². The lowest BCUT2D eigenvalue weighted by molar-refractivity contribution is 0.0922. The van der Waals surface area contributed by atoms with Crippen LogP contribution in [-0.2, 0) is 11.3 Å². The molecule has 0 aliphatic carbocycles. The van der Waals surface area contributed by atoms with Crippen LogP contribution >= 0.6 is 0 Å². The summed E-state index contributed by atoms with van der Waals surface area (Å²) >= 11 is 0. The van der Waals surface area contributed by atoms with Gasteiger partial charge in [0.1, 0.15) is 0 Å². The molecule has 2 N–H and O–H groups in total. The number of ether oxygens (including phenoxy) is 1. The van der Waals surface area contributed by atoms with E-state index in [1.165, 1.54) is 5.56 Å².